The molecule has 3 nitrogen and oxygen atoms in total. The number of carbonyl (C=O) groups excluding carboxylic acids is 1. The highest BCUT2D eigenvalue weighted by molar-refractivity contribution is 5.92. The van der Waals surface area contributed by atoms with Crippen molar-refractivity contribution in [3.63, 3.8) is 0 Å². The van der Waals surface area contributed by atoms with Gasteiger partial charge in [-0.3, -0.25) is 4.79 Å². The molecule has 1 amide bonds. The third kappa shape index (κ3) is 17.3. The Kier molecular flexibility index (Phi) is 16.6. The van der Waals surface area contributed by atoms with Crippen molar-refractivity contribution in [1.29, 1.82) is 0 Å². The average molecular weight is 396 g/mol. The molecule has 0 bridgehead atoms. The van der Waals surface area contributed by atoms with Gasteiger partial charge in [0, 0.05) is 5.57 Å². The number of nitrogens with zero attached hydrogens (tertiary/aromatic N) is 1. The molecule has 3 heteroatoms. The third-order valence-electron chi connectivity index (χ3n) is 5.65. The van der Waals surface area contributed by atoms with E-state index in [1.54, 1.807) is 6.92 Å². The topological polar surface area (TPSA) is 29.1 Å². The summed E-state index contributed by atoms with van der Waals surface area (Å²) in [4.78, 5) is 11.7. The molecule has 1 atom stereocenters. The minimum absolute atomic E-state index is 0.0241. The van der Waals surface area contributed by atoms with E-state index in [1.807, 2.05) is 0 Å². The van der Waals surface area contributed by atoms with E-state index in [0.29, 0.717) is 5.57 Å². The molecule has 0 fully saturated rings. The van der Waals surface area contributed by atoms with Crippen LogP contribution in [0.25, 0.3) is 0 Å². The zero-order valence-electron chi connectivity index (χ0n) is 20.0. The molecule has 0 aliphatic heterocycles. The van der Waals surface area contributed by atoms with Crippen LogP contribution in [0, 0.1) is 0 Å². The highest BCUT2D eigenvalue weighted by Crippen LogP contribution is 2.13. The monoisotopic (exact) mass is 395 g/mol. The van der Waals surface area contributed by atoms with Crippen molar-refractivity contribution in [2.75, 3.05) is 27.2 Å². The number of unbranched alkanes of at least 4 members (excludes halogenated alkanes) is 13. The molecule has 0 radical (unpaired) electrons. The molecule has 0 saturated heterocycles. The van der Waals surface area contributed by atoms with Crippen molar-refractivity contribution in [2.45, 2.75) is 117 Å². The van der Waals surface area contributed by atoms with Gasteiger partial charge in [-0.2, -0.15) is 0 Å². The third-order valence-corrected chi connectivity index (χ3v) is 5.65. The zero-order valence-corrected chi connectivity index (χ0v) is 20.0. The van der Waals surface area contributed by atoms with E-state index in [4.69, 9.17) is 0 Å². The fourth-order valence-electron chi connectivity index (χ4n) is 3.96. The number of likely N-dealkylation sites (N-methyl/N-ethyl adjacent to an activating group) is 1. The molecule has 0 aromatic rings. The normalized spacial score (nSPS) is 12.8. The summed E-state index contributed by atoms with van der Waals surface area (Å²) in [5, 5.41) is 3.03. The maximum Gasteiger partial charge on any atom is 0.246 e. The van der Waals surface area contributed by atoms with Crippen LogP contribution in [-0.4, -0.2) is 43.6 Å². The minimum Gasteiger partial charge on any atom is -0.344 e. The van der Waals surface area contributed by atoms with Gasteiger partial charge in [0.2, 0.25) is 5.91 Å². The highest BCUT2D eigenvalue weighted by Gasteiger charge is 2.20. The molecule has 0 heterocycles. The summed E-state index contributed by atoms with van der Waals surface area (Å²) in [7, 11) is 4.54. The summed E-state index contributed by atoms with van der Waals surface area (Å²) in [6.45, 7) is 12.0. The van der Waals surface area contributed by atoms with Crippen LogP contribution >= 0.6 is 0 Å². The summed E-state index contributed by atoms with van der Waals surface area (Å²) in [6, 6.07) is 0.186. The minimum atomic E-state index is -0.0241. The summed E-state index contributed by atoms with van der Waals surface area (Å²) in [5.74, 6) is -0.0241. The van der Waals surface area contributed by atoms with Crippen LogP contribution in [0.2, 0.25) is 0 Å². The Hall–Kier alpha value is -0.830. The Bertz CT molecular complexity index is 403. The fourth-order valence-corrected chi connectivity index (χ4v) is 3.96. The number of quaternary nitrogens is 1. The van der Waals surface area contributed by atoms with Gasteiger partial charge in [0.05, 0.1) is 33.2 Å². The van der Waals surface area contributed by atoms with Crippen molar-refractivity contribution in [1.82, 2.24) is 5.32 Å². The van der Waals surface area contributed by atoms with Crippen LogP contribution in [0.1, 0.15) is 111 Å². The zero-order chi connectivity index (χ0) is 21.3. The number of nitrogens with one attached hydrogen (secondary N) is 1. The van der Waals surface area contributed by atoms with Crippen LogP contribution in [0.5, 0.6) is 0 Å². The lowest BCUT2D eigenvalue weighted by molar-refractivity contribution is -0.891. The second-order valence-electron chi connectivity index (χ2n) is 9.59. The van der Waals surface area contributed by atoms with E-state index in [2.05, 4.69) is 39.8 Å². The molecule has 0 rings (SSSR count). The van der Waals surface area contributed by atoms with Gasteiger partial charge >= 0.3 is 0 Å². The van der Waals surface area contributed by atoms with Gasteiger partial charge < -0.3 is 9.80 Å². The first-order valence-electron chi connectivity index (χ1n) is 12.1. The van der Waals surface area contributed by atoms with Gasteiger partial charge in [-0.1, -0.05) is 90.6 Å². The number of carbonyl (C=O) groups is 1. The molecule has 0 saturated carbocycles. The molecule has 0 aliphatic carbocycles. The highest BCUT2D eigenvalue weighted by atomic mass is 16.1. The smallest absolute Gasteiger partial charge is 0.246 e. The lowest BCUT2D eigenvalue weighted by Gasteiger charge is -2.32. The van der Waals surface area contributed by atoms with E-state index >= 15 is 0 Å². The standard InChI is InChI=1S/C25H50N2O/c1-7-8-9-10-11-12-13-14-15-16-17-18-19-20-21-27(5,6)22-24(4)26-25(28)23(2)3/h24H,2,7-22H2,1,3-6H3/p+1. The van der Waals surface area contributed by atoms with Crippen LogP contribution in [0.4, 0.5) is 0 Å². The van der Waals surface area contributed by atoms with E-state index < -0.39 is 0 Å². The van der Waals surface area contributed by atoms with Gasteiger partial charge in [-0.05, 0) is 26.7 Å². The van der Waals surface area contributed by atoms with Crippen LogP contribution in [0.3, 0.4) is 0 Å². The van der Waals surface area contributed by atoms with Crippen LogP contribution in [-0.2, 0) is 4.79 Å². The molecular weight excluding hydrogens is 344 g/mol. The second kappa shape index (κ2) is 17.1. The summed E-state index contributed by atoms with van der Waals surface area (Å²) in [6.07, 6.45) is 19.7. The predicted octanol–water partition coefficient (Wildman–Crippen LogP) is 6.62. The molecule has 166 valence electrons. The van der Waals surface area contributed by atoms with Gasteiger partial charge in [0.15, 0.2) is 0 Å². The van der Waals surface area contributed by atoms with Crippen molar-refractivity contribution in [3.05, 3.63) is 12.2 Å². The second-order valence-corrected chi connectivity index (χ2v) is 9.59. The molecule has 0 aliphatic rings. The largest absolute Gasteiger partial charge is 0.344 e. The van der Waals surface area contributed by atoms with E-state index in [1.165, 1.54) is 96.4 Å². The fraction of sp³-hybridized carbons (Fsp3) is 0.880. The summed E-state index contributed by atoms with van der Waals surface area (Å²) < 4.78 is 0.968. The molecule has 0 aromatic carbocycles. The molecular formula is C25H51N2O+. The Morgan fingerprint density at radius 1 is 0.821 bits per heavy atom. The van der Waals surface area contributed by atoms with E-state index in [9.17, 15) is 4.79 Å². The van der Waals surface area contributed by atoms with E-state index in [-0.39, 0.29) is 11.9 Å². The van der Waals surface area contributed by atoms with Crippen molar-refractivity contribution >= 4 is 5.91 Å². The first-order chi connectivity index (χ1) is 13.3. The molecule has 0 spiro atoms. The molecule has 28 heavy (non-hydrogen) atoms. The van der Waals surface area contributed by atoms with Crippen molar-refractivity contribution in [3.8, 4) is 0 Å². The first kappa shape index (κ1) is 27.2. The number of hydrogen-bond acceptors (Lipinski definition) is 1. The summed E-state index contributed by atoms with van der Waals surface area (Å²) in [5.41, 5.74) is 0.587. The molecule has 1 N–H and O–H groups in total. The Labute approximate surface area is 176 Å². The average Bonchev–Trinajstić information content (AvgIpc) is 2.61. The van der Waals surface area contributed by atoms with Gasteiger partial charge in [0.25, 0.3) is 0 Å². The quantitative estimate of drug-likeness (QED) is 0.148. The first-order valence-corrected chi connectivity index (χ1v) is 12.1. The van der Waals surface area contributed by atoms with Crippen molar-refractivity contribution < 1.29 is 9.28 Å². The maximum atomic E-state index is 11.7. The number of rotatable bonds is 19. The Morgan fingerprint density at radius 3 is 1.61 bits per heavy atom. The van der Waals surface area contributed by atoms with Gasteiger partial charge in [-0.25, -0.2) is 0 Å². The number of hydrogen-bond donors (Lipinski definition) is 1. The van der Waals surface area contributed by atoms with Crippen LogP contribution < -0.4 is 5.32 Å². The predicted molar refractivity (Wildman–Crippen MR) is 125 cm³/mol. The molecule has 1 unspecified atom stereocenters. The SMILES string of the molecule is C=C(C)C(=O)NC(C)C[N+](C)(C)CCCCCCCCCCCCCCCC. The lowest BCUT2D eigenvalue weighted by Crippen LogP contribution is -2.50. The van der Waals surface area contributed by atoms with Gasteiger partial charge in [-0.15, -0.1) is 0 Å². The van der Waals surface area contributed by atoms with Gasteiger partial charge in [0.1, 0.15) is 0 Å². The molecule has 0 aromatic heterocycles. The lowest BCUT2D eigenvalue weighted by atomic mass is 10.0. The maximum absolute atomic E-state index is 11.7. The number of amides is 1. The Balaban J connectivity index is 3.51. The van der Waals surface area contributed by atoms with E-state index in [0.717, 1.165) is 11.0 Å². The Morgan fingerprint density at radius 2 is 1.21 bits per heavy atom. The summed E-state index contributed by atoms with van der Waals surface area (Å²) >= 11 is 0. The van der Waals surface area contributed by atoms with Crippen LogP contribution in [0.15, 0.2) is 12.2 Å². The van der Waals surface area contributed by atoms with Crippen molar-refractivity contribution in [2.24, 2.45) is 0 Å².